The third-order valence-electron chi connectivity index (χ3n) is 4.33. The zero-order valence-electron chi connectivity index (χ0n) is 13.4. The Morgan fingerprint density at radius 1 is 1.41 bits per heavy atom. The first-order valence-corrected chi connectivity index (χ1v) is 7.83. The lowest BCUT2D eigenvalue weighted by Crippen LogP contribution is -2.37. The Labute approximate surface area is 136 Å². The second-order valence-corrected chi connectivity index (χ2v) is 5.84. The fourth-order valence-corrected chi connectivity index (χ4v) is 2.62. The van der Waals surface area contributed by atoms with Crippen LogP contribution in [0, 0.1) is 5.41 Å². The van der Waals surface area contributed by atoms with Crippen LogP contribution in [0.15, 0.2) is 12.1 Å². The summed E-state index contributed by atoms with van der Waals surface area (Å²) in [4.78, 5) is 12.4. The number of halogens is 1. The van der Waals surface area contributed by atoms with Gasteiger partial charge < -0.3 is 20.9 Å². The van der Waals surface area contributed by atoms with Crippen molar-refractivity contribution in [2.24, 2.45) is 5.41 Å². The highest BCUT2D eigenvalue weighted by Gasteiger charge is 2.27. The van der Waals surface area contributed by atoms with Crippen molar-refractivity contribution in [1.82, 2.24) is 5.32 Å². The number of anilines is 1. The zero-order valence-corrected chi connectivity index (χ0v) is 14.2. The SMILES string of the molecule is CCC(CC)(CCO)CNC(=O)c1cc(Cl)c(N)cc1OC. The van der Waals surface area contributed by atoms with Crippen molar-refractivity contribution in [2.45, 2.75) is 33.1 Å². The third-order valence-corrected chi connectivity index (χ3v) is 4.66. The third kappa shape index (κ3) is 4.27. The molecule has 0 bridgehead atoms. The summed E-state index contributed by atoms with van der Waals surface area (Å²) in [6.07, 6.45) is 2.41. The number of methoxy groups -OCH3 is 1. The molecule has 124 valence electrons. The molecule has 0 fully saturated rings. The average Bonchev–Trinajstić information content (AvgIpc) is 2.53. The Kier molecular flexibility index (Phi) is 6.97. The number of hydrogen-bond donors (Lipinski definition) is 3. The molecule has 0 radical (unpaired) electrons. The molecule has 0 spiro atoms. The van der Waals surface area contributed by atoms with Crippen LogP contribution in [0.4, 0.5) is 5.69 Å². The van der Waals surface area contributed by atoms with E-state index in [1.54, 1.807) is 0 Å². The van der Waals surface area contributed by atoms with Crippen LogP contribution in [0.1, 0.15) is 43.5 Å². The van der Waals surface area contributed by atoms with Crippen LogP contribution in [-0.4, -0.2) is 31.3 Å². The quantitative estimate of drug-likeness (QED) is 0.641. The number of amides is 1. The molecule has 22 heavy (non-hydrogen) atoms. The Morgan fingerprint density at radius 3 is 2.55 bits per heavy atom. The molecule has 0 aliphatic heterocycles. The number of nitrogens with one attached hydrogen (secondary N) is 1. The predicted octanol–water partition coefficient (Wildman–Crippen LogP) is 2.85. The van der Waals surface area contributed by atoms with Crippen molar-refractivity contribution in [3.63, 3.8) is 0 Å². The van der Waals surface area contributed by atoms with Gasteiger partial charge in [0.2, 0.25) is 0 Å². The van der Waals surface area contributed by atoms with E-state index in [0.717, 1.165) is 12.8 Å². The van der Waals surface area contributed by atoms with Gasteiger partial charge in [0, 0.05) is 19.2 Å². The average molecular weight is 329 g/mol. The summed E-state index contributed by atoms with van der Waals surface area (Å²) in [6.45, 7) is 4.72. The second-order valence-electron chi connectivity index (χ2n) is 5.44. The first-order chi connectivity index (χ1) is 10.4. The molecule has 6 heteroatoms. The standard InChI is InChI=1S/C16H25ClN2O3/c1-4-16(5-2,6-7-20)10-19-15(21)11-8-12(17)13(18)9-14(11)22-3/h8-9,20H,4-7,10,18H2,1-3H3,(H,19,21). The molecule has 0 unspecified atom stereocenters. The van der Waals surface area contributed by atoms with Crippen LogP contribution in [0.2, 0.25) is 5.02 Å². The van der Waals surface area contributed by atoms with Gasteiger partial charge in [0.15, 0.2) is 0 Å². The van der Waals surface area contributed by atoms with Crippen LogP contribution in [0.5, 0.6) is 5.75 Å². The maximum atomic E-state index is 12.4. The van der Waals surface area contributed by atoms with Crippen molar-refractivity contribution in [3.8, 4) is 5.75 Å². The Bertz CT molecular complexity index is 516. The summed E-state index contributed by atoms with van der Waals surface area (Å²) in [7, 11) is 1.48. The Morgan fingerprint density at radius 2 is 2.05 bits per heavy atom. The van der Waals surface area contributed by atoms with Gasteiger partial charge in [-0.25, -0.2) is 0 Å². The van der Waals surface area contributed by atoms with Crippen molar-refractivity contribution < 1.29 is 14.6 Å². The minimum Gasteiger partial charge on any atom is -0.496 e. The molecule has 0 aliphatic rings. The number of hydrogen-bond acceptors (Lipinski definition) is 4. The first kappa shape index (κ1) is 18.6. The lowest BCUT2D eigenvalue weighted by Gasteiger charge is -2.31. The molecule has 0 heterocycles. The normalized spacial score (nSPS) is 11.3. The smallest absolute Gasteiger partial charge is 0.255 e. The largest absolute Gasteiger partial charge is 0.496 e. The van der Waals surface area contributed by atoms with Gasteiger partial charge in [-0.15, -0.1) is 0 Å². The van der Waals surface area contributed by atoms with E-state index in [2.05, 4.69) is 19.2 Å². The molecule has 0 saturated heterocycles. The maximum absolute atomic E-state index is 12.4. The van der Waals surface area contributed by atoms with E-state index in [1.807, 2.05) is 0 Å². The van der Waals surface area contributed by atoms with Crippen LogP contribution in [-0.2, 0) is 0 Å². The summed E-state index contributed by atoms with van der Waals surface area (Å²) in [6, 6.07) is 3.05. The van der Waals surface area contributed by atoms with Crippen molar-refractivity contribution in [1.29, 1.82) is 0 Å². The number of carbonyl (C=O) groups is 1. The van der Waals surface area contributed by atoms with Gasteiger partial charge in [-0.3, -0.25) is 4.79 Å². The van der Waals surface area contributed by atoms with Gasteiger partial charge in [0.1, 0.15) is 5.75 Å². The van der Waals surface area contributed by atoms with Gasteiger partial charge >= 0.3 is 0 Å². The van der Waals surface area contributed by atoms with Crippen LogP contribution < -0.4 is 15.8 Å². The Balaban J connectivity index is 2.91. The van der Waals surface area contributed by atoms with Crippen molar-refractivity contribution in [3.05, 3.63) is 22.7 Å². The molecule has 1 aromatic carbocycles. The molecular weight excluding hydrogens is 304 g/mol. The fraction of sp³-hybridized carbons (Fsp3) is 0.562. The summed E-state index contributed by atoms with van der Waals surface area (Å²) in [5.74, 6) is 0.128. The summed E-state index contributed by atoms with van der Waals surface area (Å²) < 4.78 is 5.19. The summed E-state index contributed by atoms with van der Waals surface area (Å²) in [5, 5.41) is 12.5. The van der Waals surface area contributed by atoms with E-state index in [-0.39, 0.29) is 17.9 Å². The first-order valence-electron chi connectivity index (χ1n) is 7.45. The highest BCUT2D eigenvalue weighted by atomic mass is 35.5. The van der Waals surface area contributed by atoms with Gasteiger partial charge in [0.05, 0.1) is 23.4 Å². The number of aliphatic hydroxyl groups is 1. The molecule has 0 aromatic heterocycles. The molecule has 0 atom stereocenters. The monoisotopic (exact) mass is 328 g/mol. The molecule has 0 aliphatic carbocycles. The Hall–Kier alpha value is -1.46. The maximum Gasteiger partial charge on any atom is 0.255 e. The number of carbonyl (C=O) groups excluding carboxylic acids is 1. The molecule has 5 nitrogen and oxygen atoms in total. The van der Waals surface area contributed by atoms with E-state index in [1.165, 1.54) is 19.2 Å². The minimum atomic E-state index is -0.261. The fourth-order valence-electron chi connectivity index (χ4n) is 2.46. The lowest BCUT2D eigenvalue weighted by atomic mass is 9.79. The molecule has 4 N–H and O–H groups in total. The zero-order chi connectivity index (χ0) is 16.8. The van der Waals surface area contributed by atoms with Crippen molar-refractivity contribution >= 4 is 23.2 Å². The van der Waals surface area contributed by atoms with E-state index in [4.69, 9.17) is 22.1 Å². The molecule has 1 aromatic rings. The molecule has 0 saturated carbocycles. The van der Waals surface area contributed by atoms with Gasteiger partial charge in [0.25, 0.3) is 5.91 Å². The highest BCUT2D eigenvalue weighted by Crippen LogP contribution is 2.31. The number of rotatable bonds is 8. The van der Waals surface area contributed by atoms with E-state index >= 15 is 0 Å². The highest BCUT2D eigenvalue weighted by molar-refractivity contribution is 6.33. The van der Waals surface area contributed by atoms with E-state index in [0.29, 0.717) is 35.0 Å². The summed E-state index contributed by atoms with van der Waals surface area (Å²) >= 11 is 5.99. The van der Waals surface area contributed by atoms with E-state index < -0.39 is 0 Å². The topological polar surface area (TPSA) is 84.6 Å². The predicted molar refractivity (Wildman–Crippen MR) is 89.5 cm³/mol. The van der Waals surface area contributed by atoms with Gasteiger partial charge in [-0.05, 0) is 30.7 Å². The lowest BCUT2D eigenvalue weighted by molar-refractivity contribution is 0.0904. The number of nitrogens with two attached hydrogens (primary N) is 1. The second kappa shape index (κ2) is 8.25. The van der Waals surface area contributed by atoms with Crippen LogP contribution >= 0.6 is 11.6 Å². The van der Waals surface area contributed by atoms with E-state index in [9.17, 15) is 9.90 Å². The molecule has 1 rings (SSSR count). The number of aliphatic hydroxyl groups excluding tert-OH is 1. The number of benzene rings is 1. The minimum absolute atomic E-state index is 0.102. The van der Waals surface area contributed by atoms with Crippen molar-refractivity contribution in [2.75, 3.05) is 26.0 Å². The molecule has 1 amide bonds. The molecular formula is C16H25ClN2O3. The summed E-state index contributed by atoms with van der Waals surface area (Å²) in [5.41, 5.74) is 6.34. The number of ether oxygens (including phenoxy) is 1. The van der Waals surface area contributed by atoms with Crippen LogP contribution in [0.25, 0.3) is 0 Å². The van der Waals surface area contributed by atoms with Gasteiger partial charge in [-0.1, -0.05) is 25.4 Å². The number of nitrogen functional groups attached to an aromatic ring is 1. The van der Waals surface area contributed by atoms with Crippen LogP contribution in [0.3, 0.4) is 0 Å². The van der Waals surface area contributed by atoms with Gasteiger partial charge in [-0.2, -0.15) is 0 Å².